The molecule has 3 atom stereocenters. The fourth-order valence-electron chi connectivity index (χ4n) is 4.27. The SMILES string of the molecule is CNC(=O)C[C@@H]1CC[C@H]2[C@@H](COc3ccc(NC(=O)Nc4cccc(Cl)c4)cc3C(=O)N2C)O1. The minimum absolute atomic E-state index is 0.0792. The normalized spacial score (nSPS) is 21.8. The molecule has 0 aromatic heterocycles. The molecule has 4 rings (SSSR count). The number of nitrogens with zero attached hydrogens (tertiary/aromatic N) is 1. The van der Waals surface area contributed by atoms with Crippen LogP contribution in [-0.2, 0) is 9.53 Å². The molecule has 0 bridgehead atoms. The molecular weight excluding hydrogens is 460 g/mol. The molecule has 1 fully saturated rings. The summed E-state index contributed by atoms with van der Waals surface area (Å²) in [4.78, 5) is 39.1. The Balaban J connectivity index is 1.47. The maximum atomic E-state index is 13.3. The van der Waals surface area contributed by atoms with E-state index in [0.29, 0.717) is 40.6 Å². The highest BCUT2D eigenvalue weighted by molar-refractivity contribution is 6.30. The lowest BCUT2D eigenvalue weighted by atomic mass is 9.94. The second-order valence-corrected chi connectivity index (χ2v) is 8.78. The van der Waals surface area contributed by atoms with E-state index in [1.165, 1.54) is 0 Å². The predicted octanol–water partition coefficient (Wildman–Crippen LogP) is 3.50. The zero-order chi connectivity index (χ0) is 24.2. The Hall–Kier alpha value is -3.30. The Labute approximate surface area is 202 Å². The van der Waals surface area contributed by atoms with E-state index in [-0.39, 0.29) is 43.1 Å². The number of rotatable bonds is 4. The van der Waals surface area contributed by atoms with Crippen LogP contribution < -0.4 is 20.7 Å². The van der Waals surface area contributed by atoms with Gasteiger partial charge < -0.3 is 30.3 Å². The summed E-state index contributed by atoms with van der Waals surface area (Å²) in [5.74, 6) is 0.106. The van der Waals surface area contributed by atoms with Gasteiger partial charge in [0.15, 0.2) is 0 Å². The number of urea groups is 1. The van der Waals surface area contributed by atoms with Gasteiger partial charge in [0.1, 0.15) is 18.5 Å². The van der Waals surface area contributed by atoms with Crippen LogP contribution in [0.1, 0.15) is 29.6 Å². The molecule has 4 amide bonds. The van der Waals surface area contributed by atoms with Gasteiger partial charge in [0.2, 0.25) is 5.91 Å². The Kier molecular flexibility index (Phi) is 7.23. The van der Waals surface area contributed by atoms with Gasteiger partial charge in [0.05, 0.1) is 24.1 Å². The lowest BCUT2D eigenvalue weighted by Crippen LogP contribution is -2.53. The highest BCUT2D eigenvalue weighted by atomic mass is 35.5. The third-order valence-electron chi connectivity index (χ3n) is 6.04. The number of amides is 4. The van der Waals surface area contributed by atoms with Crippen LogP contribution in [0.5, 0.6) is 5.75 Å². The number of halogens is 1. The molecule has 2 aliphatic heterocycles. The van der Waals surface area contributed by atoms with Gasteiger partial charge >= 0.3 is 6.03 Å². The highest BCUT2D eigenvalue weighted by Crippen LogP contribution is 2.32. The molecule has 2 heterocycles. The van der Waals surface area contributed by atoms with Gasteiger partial charge in [-0.25, -0.2) is 4.79 Å². The number of carbonyl (C=O) groups is 3. The van der Waals surface area contributed by atoms with E-state index in [1.807, 2.05) is 0 Å². The molecule has 0 radical (unpaired) electrons. The molecule has 9 nitrogen and oxygen atoms in total. The summed E-state index contributed by atoms with van der Waals surface area (Å²) >= 11 is 5.96. The summed E-state index contributed by atoms with van der Waals surface area (Å²) in [5, 5.41) is 8.57. The van der Waals surface area contributed by atoms with Gasteiger partial charge in [0.25, 0.3) is 5.91 Å². The van der Waals surface area contributed by atoms with Crippen molar-refractivity contribution in [3.05, 3.63) is 53.1 Å². The number of hydrogen-bond acceptors (Lipinski definition) is 5. The first-order chi connectivity index (χ1) is 16.3. The molecule has 0 aliphatic carbocycles. The number of benzene rings is 2. The van der Waals surface area contributed by atoms with Gasteiger partial charge in [-0.3, -0.25) is 9.59 Å². The highest BCUT2D eigenvalue weighted by Gasteiger charge is 2.39. The Bertz CT molecular complexity index is 1090. The van der Waals surface area contributed by atoms with E-state index in [4.69, 9.17) is 21.1 Å². The fraction of sp³-hybridized carbons (Fsp3) is 0.375. The second-order valence-electron chi connectivity index (χ2n) is 8.35. The van der Waals surface area contributed by atoms with Gasteiger partial charge in [-0.15, -0.1) is 0 Å². The molecule has 3 N–H and O–H groups in total. The molecule has 0 unspecified atom stereocenters. The number of carbonyl (C=O) groups excluding carboxylic acids is 3. The summed E-state index contributed by atoms with van der Waals surface area (Å²) in [6, 6.07) is 11.1. The van der Waals surface area contributed by atoms with E-state index in [0.717, 1.165) is 0 Å². The lowest BCUT2D eigenvalue weighted by molar-refractivity contribution is -0.133. The van der Waals surface area contributed by atoms with E-state index in [1.54, 1.807) is 61.5 Å². The van der Waals surface area contributed by atoms with Crippen molar-refractivity contribution < 1.29 is 23.9 Å². The van der Waals surface area contributed by atoms with Gasteiger partial charge in [0, 0.05) is 30.5 Å². The van der Waals surface area contributed by atoms with E-state index in [2.05, 4.69) is 16.0 Å². The zero-order valence-electron chi connectivity index (χ0n) is 19.0. The van der Waals surface area contributed by atoms with Crippen molar-refractivity contribution in [2.75, 3.05) is 31.3 Å². The minimum Gasteiger partial charge on any atom is -0.490 e. The maximum absolute atomic E-state index is 13.3. The average molecular weight is 487 g/mol. The number of anilines is 2. The summed E-state index contributed by atoms with van der Waals surface area (Å²) in [6.07, 6.45) is 1.10. The average Bonchev–Trinajstić information content (AvgIpc) is 2.81. The molecule has 2 aromatic rings. The molecule has 0 spiro atoms. The van der Waals surface area contributed by atoms with Crippen LogP contribution in [0.15, 0.2) is 42.5 Å². The van der Waals surface area contributed by atoms with Crippen LogP contribution in [0.4, 0.5) is 16.2 Å². The molecule has 0 saturated carbocycles. The van der Waals surface area contributed by atoms with Crippen molar-refractivity contribution in [2.24, 2.45) is 0 Å². The van der Waals surface area contributed by atoms with Gasteiger partial charge in [-0.05, 0) is 49.2 Å². The summed E-state index contributed by atoms with van der Waals surface area (Å²) < 4.78 is 12.1. The van der Waals surface area contributed by atoms with E-state index >= 15 is 0 Å². The Morgan fingerprint density at radius 1 is 1.12 bits per heavy atom. The van der Waals surface area contributed by atoms with Crippen LogP contribution in [0.25, 0.3) is 0 Å². The van der Waals surface area contributed by atoms with Crippen molar-refractivity contribution >= 4 is 40.8 Å². The van der Waals surface area contributed by atoms with Gasteiger partial charge in [-0.1, -0.05) is 17.7 Å². The topological polar surface area (TPSA) is 109 Å². The first-order valence-corrected chi connectivity index (χ1v) is 11.5. The summed E-state index contributed by atoms with van der Waals surface area (Å²) in [5.41, 5.74) is 1.36. The lowest BCUT2D eigenvalue weighted by Gasteiger charge is -2.42. The largest absolute Gasteiger partial charge is 0.490 e. The van der Waals surface area contributed by atoms with Crippen molar-refractivity contribution in [3.63, 3.8) is 0 Å². The van der Waals surface area contributed by atoms with E-state index < -0.39 is 6.03 Å². The van der Waals surface area contributed by atoms with Crippen LogP contribution >= 0.6 is 11.6 Å². The number of ether oxygens (including phenoxy) is 2. The first-order valence-electron chi connectivity index (χ1n) is 11.1. The van der Waals surface area contributed by atoms with Crippen molar-refractivity contribution in [2.45, 2.75) is 37.5 Å². The molecule has 2 aromatic carbocycles. The summed E-state index contributed by atoms with van der Waals surface area (Å²) in [7, 11) is 3.34. The number of nitrogens with one attached hydrogen (secondary N) is 3. The smallest absolute Gasteiger partial charge is 0.323 e. The quantitative estimate of drug-likeness (QED) is 0.613. The Morgan fingerprint density at radius 3 is 2.62 bits per heavy atom. The molecule has 1 saturated heterocycles. The molecular formula is C24H27ClN4O5. The molecule has 10 heteroatoms. The molecule has 2 aliphatic rings. The van der Waals surface area contributed by atoms with E-state index in [9.17, 15) is 14.4 Å². The molecule has 180 valence electrons. The van der Waals surface area contributed by atoms with Gasteiger partial charge in [-0.2, -0.15) is 0 Å². The van der Waals surface area contributed by atoms with Crippen LogP contribution in [0, 0.1) is 0 Å². The van der Waals surface area contributed by atoms with Crippen molar-refractivity contribution in [3.8, 4) is 5.75 Å². The van der Waals surface area contributed by atoms with Crippen LogP contribution in [0.3, 0.4) is 0 Å². The summed E-state index contributed by atoms with van der Waals surface area (Å²) in [6.45, 7) is 0.252. The third kappa shape index (κ3) is 5.43. The monoisotopic (exact) mass is 486 g/mol. The maximum Gasteiger partial charge on any atom is 0.323 e. The van der Waals surface area contributed by atoms with Crippen molar-refractivity contribution in [1.29, 1.82) is 0 Å². The minimum atomic E-state index is -0.460. The predicted molar refractivity (Wildman–Crippen MR) is 128 cm³/mol. The van der Waals surface area contributed by atoms with Crippen LogP contribution in [0.2, 0.25) is 5.02 Å². The number of likely N-dealkylation sites (N-methyl/N-ethyl adjacent to an activating group) is 1. The standard InChI is InChI=1S/C24H27ClN4O5/c1-26-22(30)12-17-7-8-19-21(34-17)13-33-20-9-6-16(11-18(20)23(31)29(19)2)28-24(32)27-15-5-3-4-14(25)10-15/h3-6,9-11,17,19,21H,7-8,12-13H2,1-2H3,(H,26,30)(H2,27,28,32)/t17-,19-,21+/m0/s1. The first kappa shape index (κ1) is 23.8. The Morgan fingerprint density at radius 2 is 1.88 bits per heavy atom. The fourth-order valence-corrected chi connectivity index (χ4v) is 4.46. The van der Waals surface area contributed by atoms with Crippen LogP contribution in [-0.4, -0.2) is 61.7 Å². The second kappa shape index (κ2) is 10.3. The number of hydrogen-bond donors (Lipinski definition) is 3. The van der Waals surface area contributed by atoms with Crippen molar-refractivity contribution in [1.82, 2.24) is 10.2 Å². The zero-order valence-corrected chi connectivity index (χ0v) is 19.7. The third-order valence-corrected chi connectivity index (χ3v) is 6.28. The molecule has 34 heavy (non-hydrogen) atoms. The number of fused-ring (bicyclic) bond motifs is 2.